The Hall–Kier alpha value is -1.58. The zero-order valence-corrected chi connectivity index (χ0v) is 13.1. The van der Waals surface area contributed by atoms with Gasteiger partial charge in [0.15, 0.2) is 5.11 Å². The molecule has 0 fully saturated rings. The van der Waals surface area contributed by atoms with Gasteiger partial charge in [0.25, 0.3) is 0 Å². The number of hydrogen-bond acceptors (Lipinski definition) is 1. The van der Waals surface area contributed by atoms with Gasteiger partial charge in [-0.1, -0.05) is 29.8 Å². The van der Waals surface area contributed by atoms with Crippen LogP contribution >= 0.6 is 23.8 Å². The summed E-state index contributed by atoms with van der Waals surface area (Å²) in [5.41, 5.74) is 4.61. The van der Waals surface area contributed by atoms with Crippen molar-refractivity contribution in [1.29, 1.82) is 0 Å². The number of benzene rings is 2. The Labute approximate surface area is 130 Å². The predicted octanol–water partition coefficient (Wildman–Crippen LogP) is 4.44. The van der Waals surface area contributed by atoms with Crippen LogP contribution in [0.25, 0.3) is 0 Å². The van der Waals surface area contributed by atoms with Crippen LogP contribution in [0.5, 0.6) is 0 Å². The predicted molar refractivity (Wildman–Crippen MR) is 90.4 cm³/mol. The van der Waals surface area contributed by atoms with E-state index < -0.39 is 0 Å². The Bertz CT molecular complexity index is 626. The molecule has 0 amide bonds. The summed E-state index contributed by atoms with van der Waals surface area (Å²) in [6, 6.07) is 13.9. The Morgan fingerprint density at radius 3 is 2.60 bits per heavy atom. The molecule has 4 heteroatoms. The van der Waals surface area contributed by atoms with Crippen LogP contribution in [0.4, 0.5) is 5.69 Å². The average Bonchev–Trinajstić information content (AvgIpc) is 2.41. The fourth-order valence-corrected chi connectivity index (χ4v) is 2.23. The van der Waals surface area contributed by atoms with Crippen molar-refractivity contribution in [2.75, 3.05) is 5.32 Å². The molecule has 0 atom stereocenters. The van der Waals surface area contributed by atoms with E-state index in [1.54, 1.807) is 0 Å². The maximum Gasteiger partial charge on any atom is 0.171 e. The second-order valence-electron chi connectivity index (χ2n) is 4.74. The molecule has 0 unspecified atom stereocenters. The van der Waals surface area contributed by atoms with Gasteiger partial charge < -0.3 is 10.6 Å². The highest BCUT2D eigenvalue weighted by Gasteiger charge is 2.00. The number of anilines is 1. The molecule has 0 spiro atoms. The molecule has 2 nitrogen and oxygen atoms in total. The summed E-state index contributed by atoms with van der Waals surface area (Å²) in [6.07, 6.45) is 0. The summed E-state index contributed by atoms with van der Waals surface area (Å²) in [4.78, 5) is 0. The van der Waals surface area contributed by atoms with Gasteiger partial charge in [-0.15, -0.1) is 0 Å². The topological polar surface area (TPSA) is 24.1 Å². The van der Waals surface area contributed by atoms with Crippen LogP contribution in [-0.4, -0.2) is 5.11 Å². The first-order valence-electron chi connectivity index (χ1n) is 6.41. The lowest BCUT2D eigenvalue weighted by atomic mass is 10.1. The number of rotatable bonds is 3. The monoisotopic (exact) mass is 304 g/mol. The minimum atomic E-state index is 0.605. The van der Waals surface area contributed by atoms with Gasteiger partial charge in [-0.25, -0.2) is 0 Å². The van der Waals surface area contributed by atoms with Crippen molar-refractivity contribution in [2.24, 2.45) is 0 Å². The second-order valence-corrected chi connectivity index (χ2v) is 5.58. The summed E-state index contributed by atoms with van der Waals surface area (Å²) in [5, 5.41) is 7.69. The fraction of sp³-hybridized carbons (Fsp3) is 0.188. The Kier molecular flexibility index (Phi) is 4.99. The number of hydrogen-bond donors (Lipinski definition) is 2. The summed E-state index contributed by atoms with van der Waals surface area (Å²) >= 11 is 11.2. The van der Waals surface area contributed by atoms with Gasteiger partial charge in [-0.2, -0.15) is 0 Å². The highest BCUT2D eigenvalue weighted by atomic mass is 35.5. The van der Waals surface area contributed by atoms with E-state index in [4.69, 9.17) is 23.8 Å². The summed E-state index contributed by atoms with van der Waals surface area (Å²) in [7, 11) is 0. The van der Waals surface area contributed by atoms with Crippen molar-refractivity contribution in [2.45, 2.75) is 20.4 Å². The van der Waals surface area contributed by atoms with Crippen LogP contribution in [0.2, 0.25) is 5.02 Å². The highest BCUT2D eigenvalue weighted by Crippen LogP contribution is 2.14. The van der Waals surface area contributed by atoms with Gasteiger partial charge in [0.05, 0.1) is 0 Å². The molecular weight excluding hydrogens is 288 g/mol. The minimum absolute atomic E-state index is 0.605. The second kappa shape index (κ2) is 6.73. The van der Waals surface area contributed by atoms with E-state index in [2.05, 4.69) is 36.6 Å². The molecule has 0 bridgehead atoms. The molecule has 0 aliphatic carbocycles. The molecule has 0 radical (unpaired) electrons. The van der Waals surface area contributed by atoms with Crippen LogP contribution in [0, 0.1) is 13.8 Å². The first kappa shape index (κ1) is 14.8. The molecule has 2 N–H and O–H groups in total. The molecular formula is C16H17ClN2S. The molecule has 2 rings (SSSR count). The van der Waals surface area contributed by atoms with Crippen molar-refractivity contribution >= 4 is 34.6 Å². The lowest BCUT2D eigenvalue weighted by Gasteiger charge is -2.12. The van der Waals surface area contributed by atoms with E-state index in [0.717, 1.165) is 16.3 Å². The molecule has 2 aromatic carbocycles. The number of aryl methyl sites for hydroxylation is 2. The summed E-state index contributed by atoms with van der Waals surface area (Å²) in [6.45, 7) is 4.83. The van der Waals surface area contributed by atoms with Crippen molar-refractivity contribution in [3.63, 3.8) is 0 Å². The van der Waals surface area contributed by atoms with Crippen molar-refractivity contribution in [3.05, 3.63) is 64.2 Å². The van der Waals surface area contributed by atoms with Gasteiger partial charge in [0, 0.05) is 17.3 Å². The highest BCUT2D eigenvalue weighted by molar-refractivity contribution is 7.80. The summed E-state index contributed by atoms with van der Waals surface area (Å²) in [5.74, 6) is 0. The first-order chi connectivity index (χ1) is 9.54. The Morgan fingerprint density at radius 2 is 1.90 bits per heavy atom. The van der Waals surface area contributed by atoms with Gasteiger partial charge in [0.1, 0.15) is 0 Å². The zero-order valence-electron chi connectivity index (χ0n) is 11.5. The first-order valence-corrected chi connectivity index (χ1v) is 7.20. The Morgan fingerprint density at radius 1 is 1.10 bits per heavy atom. The SMILES string of the molecule is Cc1ccc(NC(=S)NCc2cccc(Cl)c2)cc1C. The lowest BCUT2D eigenvalue weighted by Crippen LogP contribution is -2.27. The van der Waals surface area contributed by atoms with Gasteiger partial charge in [0.2, 0.25) is 0 Å². The van der Waals surface area contributed by atoms with Crippen LogP contribution in [0.15, 0.2) is 42.5 Å². The molecule has 20 heavy (non-hydrogen) atoms. The molecule has 0 saturated heterocycles. The van der Waals surface area contributed by atoms with E-state index in [0.29, 0.717) is 11.7 Å². The molecule has 0 heterocycles. The fourth-order valence-electron chi connectivity index (χ4n) is 1.82. The van der Waals surface area contributed by atoms with Gasteiger partial charge >= 0.3 is 0 Å². The molecule has 0 aromatic heterocycles. The van der Waals surface area contributed by atoms with E-state index >= 15 is 0 Å². The third-order valence-corrected chi connectivity index (χ3v) is 3.59. The quantitative estimate of drug-likeness (QED) is 0.820. The van der Waals surface area contributed by atoms with Crippen LogP contribution in [0.3, 0.4) is 0 Å². The van der Waals surface area contributed by atoms with Crippen molar-refractivity contribution in [3.8, 4) is 0 Å². The minimum Gasteiger partial charge on any atom is -0.358 e. The standard InChI is InChI=1S/C16H17ClN2S/c1-11-6-7-15(8-12(11)2)19-16(20)18-10-13-4-3-5-14(17)9-13/h3-9H,10H2,1-2H3,(H2,18,19,20). The van der Waals surface area contributed by atoms with Crippen LogP contribution in [-0.2, 0) is 6.54 Å². The maximum atomic E-state index is 5.95. The van der Waals surface area contributed by atoms with Crippen LogP contribution < -0.4 is 10.6 Å². The zero-order chi connectivity index (χ0) is 14.5. The average molecular weight is 305 g/mol. The number of halogens is 1. The van der Waals surface area contributed by atoms with Gasteiger partial charge in [-0.3, -0.25) is 0 Å². The third-order valence-electron chi connectivity index (χ3n) is 3.11. The lowest BCUT2D eigenvalue weighted by molar-refractivity contribution is 0.926. The summed E-state index contributed by atoms with van der Waals surface area (Å²) < 4.78 is 0. The maximum absolute atomic E-state index is 5.95. The number of thiocarbonyl (C=S) groups is 1. The third kappa shape index (κ3) is 4.22. The molecule has 2 aromatic rings. The molecule has 0 aliphatic heterocycles. The van der Waals surface area contributed by atoms with Crippen molar-refractivity contribution in [1.82, 2.24) is 5.32 Å². The normalized spacial score (nSPS) is 10.2. The van der Waals surface area contributed by atoms with Crippen molar-refractivity contribution < 1.29 is 0 Å². The van der Waals surface area contributed by atoms with Gasteiger partial charge in [-0.05, 0) is 67.0 Å². The molecule has 0 aliphatic rings. The van der Waals surface area contributed by atoms with E-state index in [1.807, 2.05) is 30.3 Å². The van der Waals surface area contributed by atoms with E-state index in [-0.39, 0.29) is 0 Å². The van der Waals surface area contributed by atoms with E-state index in [1.165, 1.54) is 11.1 Å². The largest absolute Gasteiger partial charge is 0.358 e. The molecule has 0 saturated carbocycles. The van der Waals surface area contributed by atoms with Crippen LogP contribution in [0.1, 0.15) is 16.7 Å². The number of nitrogens with one attached hydrogen (secondary N) is 2. The smallest absolute Gasteiger partial charge is 0.171 e. The van der Waals surface area contributed by atoms with E-state index in [9.17, 15) is 0 Å². The Balaban J connectivity index is 1.91. The molecule has 104 valence electrons.